The van der Waals surface area contributed by atoms with E-state index in [4.69, 9.17) is 5.73 Å². The molecule has 2 aromatic rings. The molecule has 0 unspecified atom stereocenters. The number of primary amides is 1. The van der Waals surface area contributed by atoms with Gasteiger partial charge in [0.1, 0.15) is 10.8 Å². The van der Waals surface area contributed by atoms with Crippen molar-refractivity contribution >= 4 is 28.2 Å². The van der Waals surface area contributed by atoms with E-state index in [0.717, 1.165) is 49.7 Å². The number of rotatable bonds is 7. The van der Waals surface area contributed by atoms with Crippen molar-refractivity contribution in [2.24, 2.45) is 5.73 Å². The van der Waals surface area contributed by atoms with Crippen molar-refractivity contribution in [1.29, 1.82) is 0 Å². The number of hydrogen-bond acceptors (Lipinski definition) is 4. The number of hydrogen-bond donors (Lipinski definition) is 2. The van der Waals surface area contributed by atoms with Crippen molar-refractivity contribution in [3.63, 3.8) is 0 Å². The monoisotopic (exact) mass is 401 g/mol. The lowest BCUT2D eigenvalue weighted by Crippen LogP contribution is -2.34. The molecule has 148 valence electrons. The molecule has 0 atom stereocenters. The van der Waals surface area contributed by atoms with Crippen molar-refractivity contribution in [1.82, 2.24) is 4.90 Å². The highest BCUT2D eigenvalue weighted by Gasteiger charge is 2.31. The quantitative estimate of drug-likeness (QED) is 0.746. The molecule has 2 aliphatic carbocycles. The minimum atomic E-state index is -0.472. The van der Waals surface area contributed by atoms with Gasteiger partial charge in [-0.15, -0.1) is 11.3 Å². The highest BCUT2D eigenvalue weighted by molar-refractivity contribution is 7.17. The van der Waals surface area contributed by atoms with Gasteiger partial charge < -0.3 is 11.1 Å². The summed E-state index contributed by atoms with van der Waals surface area (Å²) in [5.74, 6) is -0.879. The molecule has 1 saturated carbocycles. The summed E-state index contributed by atoms with van der Waals surface area (Å²) in [5.41, 5.74) is 8.09. The lowest BCUT2D eigenvalue weighted by Gasteiger charge is -2.21. The molecule has 3 N–H and O–H groups in total. The molecule has 28 heavy (non-hydrogen) atoms. The normalized spacial score (nSPS) is 16.1. The number of anilines is 1. The number of nitrogens with one attached hydrogen (secondary N) is 1. The Morgan fingerprint density at radius 2 is 1.89 bits per heavy atom. The van der Waals surface area contributed by atoms with Crippen molar-refractivity contribution in [3.05, 3.63) is 51.7 Å². The lowest BCUT2D eigenvalue weighted by atomic mass is 9.95. The number of carbonyl (C=O) groups is 2. The van der Waals surface area contributed by atoms with E-state index in [-0.39, 0.29) is 18.3 Å². The van der Waals surface area contributed by atoms with Crippen LogP contribution in [0.4, 0.5) is 9.39 Å². The zero-order valence-electron chi connectivity index (χ0n) is 15.7. The molecular weight excluding hydrogens is 377 g/mol. The Balaban J connectivity index is 1.46. The number of aryl methyl sites for hydroxylation is 1. The summed E-state index contributed by atoms with van der Waals surface area (Å²) in [7, 11) is 0. The second kappa shape index (κ2) is 8.01. The summed E-state index contributed by atoms with van der Waals surface area (Å²) in [6, 6.07) is 6.76. The first-order chi connectivity index (χ1) is 13.5. The SMILES string of the molecule is NC(=O)c1c(NC(=O)CN(Cc2ccc(F)cc2)C2CC2)sc2c1CCCC2. The first-order valence-electron chi connectivity index (χ1n) is 9.74. The van der Waals surface area contributed by atoms with Gasteiger partial charge in [0.05, 0.1) is 12.1 Å². The van der Waals surface area contributed by atoms with Crippen LogP contribution in [0.3, 0.4) is 0 Å². The average Bonchev–Trinajstić information content (AvgIpc) is 3.44. The molecule has 1 aromatic carbocycles. The molecular formula is C21H24FN3O2S. The van der Waals surface area contributed by atoms with Gasteiger partial charge in [-0.2, -0.15) is 0 Å². The van der Waals surface area contributed by atoms with E-state index in [1.165, 1.54) is 28.3 Å². The summed E-state index contributed by atoms with van der Waals surface area (Å²) in [6.07, 6.45) is 6.06. The number of thiophene rings is 1. The maximum atomic E-state index is 13.1. The van der Waals surface area contributed by atoms with Crippen LogP contribution in [0.15, 0.2) is 24.3 Å². The third-order valence-corrected chi connectivity index (χ3v) is 6.59. The molecule has 0 spiro atoms. The zero-order valence-corrected chi connectivity index (χ0v) is 16.5. The summed E-state index contributed by atoms with van der Waals surface area (Å²) < 4.78 is 13.1. The first kappa shape index (κ1) is 19.1. The van der Waals surface area contributed by atoms with Crippen molar-refractivity contribution < 1.29 is 14.0 Å². The Hall–Kier alpha value is -2.25. The number of nitrogens with zero attached hydrogens (tertiary/aromatic N) is 1. The fourth-order valence-corrected chi connectivity index (χ4v) is 5.15. The topological polar surface area (TPSA) is 75.4 Å². The molecule has 0 radical (unpaired) electrons. The third kappa shape index (κ3) is 4.25. The van der Waals surface area contributed by atoms with Crippen LogP contribution in [0.25, 0.3) is 0 Å². The van der Waals surface area contributed by atoms with Gasteiger partial charge in [0.2, 0.25) is 5.91 Å². The van der Waals surface area contributed by atoms with Crippen LogP contribution in [0.2, 0.25) is 0 Å². The highest BCUT2D eigenvalue weighted by Crippen LogP contribution is 2.38. The summed E-state index contributed by atoms with van der Waals surface area (Å²) >= 11 is 1.48. The van der Waals surface area contributed by atoms with Crippen LogP contribution in [0, 0.1) is 5.82 Å². The smallest absolute Gasteiger partial charge is 0.251 e. The average molecular weight is 402 g/mol. The fraction of sp³-hybridized carbons (Fsp3) is 0.429. The Labute approximate surface area is 167 Å². The lowest BCUT2D eigenvalue weighted by molar-refractivity contribution is -0.117. The van der Waals surface area contributed by atoms with Crippen LogP contribution >= 0.6 is 11.3 Å². The number of fused-ring (bicyclic) bond motifs is 1. The second-order valence-corrected chi connectivity index (χ2v) is 8.70. The predicted molar refractivity (Wildman–Crippen MR) is 108 cm³/mol. The van der Waals surface area contributed by atoms with Crippen molar-refractivity contribution in [2.45, 2.75) is 51.1 Å². The van der Waals surface area contributed by atoms with Crippen molar-refractivity contribution in [2.75, 3.05) is 11.9 Å². The third-order valence-electron chi connectivity index (χ3n) is 5.38. The molecule has 2 aliphatic rings. The van der Waals surface area contributed by atoms with Gasteiger partial charge in [0.25, 0.3) is 5.91 Å². The maximum Gasteiger partial charge on any atom is 0.251 e. The number of nitrogens with two attached hydrogens (primary N) is 1. The van der Waals surface area contributed by atoms with Crippen LogP contribution in [0.1, 0.15) is 52.0 Å². The summed E-state index contributed by atoms with van der Waals surface area (Å²) in [5, 5.41) is 3.52. The van der Waals surface area contributed by atoms with E-state index in [1.54, 1.807) is 12.1 Å². The number of halogens is 1. The molecule has 1 heterocycles. The van der Waals surface area contributed by atoms with E-state index in [2.05, 4.69) is 10.2 Å². The Morgan fingerprint density at radius 1 is 1.18 bits per heavy atom. The van der Waals surface area contributed by atoms with Crippen LogP contribution < -0.4 is 11.1 Å². The molecule has 1 fully saturated rings. The van der Waals surface area contributed by atoms with Crippen LogP contribution in [-0.2, 0) is 24.2 Å². The molecule has 2 amide bonds. The molecule has 1 aromatic heterocycles. The zero-order chi connectivity index (χ0) is 19.7. The standard InChI is InChI=1S/C21H24FN3O2S/c22-14-7-5-13(6-8-14)11-25(15-9-10-15)12-18(26)24-21-19(20(23)27)16-3-1-2-4-17(16)28-21/h5-8,15H,1-4,9-12H2,(H2,23,27)(H,24,26). The second-order valence-electron chi connectivity index (χ2n) is 7.59. The van der Waals surface area contributed by atoms with Gasteiger partial charge >= 0.3 is 0 Å². The van der Waals surface area contributed by atoms with Crippen LogP contribution in [0.5, 0.6) is 0 Å². The molecule has 0 aliphatic heterocycles. The maximum absolute atomic E-state index is 13.1. The summed E-state index contributed by atoms with van der Waals surface area (Å²) in [6.45, 7) is 0.838. The molecule has 4 rings (SSSR count). The molecule has 5 nitrogen and oxygen atoms in total. The van der Waals surface area contributed by atoms with E-state index in [0.29, 0.717) is 23.2 Å². The largest absolute Gasteiger partial charge is 0.365 e. The van der Waals surface area contributed by atoms with E-state index in [9.17, 15) is 14.0 Å². The highest BCUT2D eigenvalue weighted by atomic mass is 32.1. The predicted octanol–water partition coefficient (Wildman–Crippen LogP) is 3.47. The minimum absolute atomic E-state index is 0.143. The van der Waals surface area contributed by atoms with Gasteiger partial charge in [0, 0.05) is 17.5 Å². The van der Waals surface area contributed by atoms with Crippen LogP contribution in [-0.4, -0.2) is 29.3 Å². The van der Waals surface area contributed by atoms with E-state index < -0.39 is 5.91 Å². The van der Waals surface area contributed by atoms with E-state index in [1.807, 2.05) is 0 Å². The van der Waals surface area contributed by atoms with E-state index >= 15 is 0 Å². The van der Waals surface area contributed by atoms with Gasteiger partial charge in [-0.1, -0.05) is 12.1 Å². The summed E-state index contributed by atoms with van der Waals surface area (Å²) in [4.78, 5) is 28.0. The van der Waals surface area contributed by atoms with Gasteiger partial charge in [-0.25, -0.2) is 4.39 Å². The number of benzene rings is 1. The number of amides is 2. The Bertz CT molecular complexity index is 890. The fourth-order valence-electron chi connectivity index (χ4n) is 3.84. The van der Waals surface area contributed by atoms with Gasteiger partial charge in [-0.05, 0) is 61.8 Å². The first-order valence-corrected chi connectivity index (χ1v) is 10.6. The van der Waals surface area contributed by atoms with Gasteiger partial charge in [-0.3, -0.25) is 14.5 Å². The minimum Gasteiger partial charge on any atom is -0.365 e. The molecule has 0 saturated heterocycles. The Kier molecular flexibility index (Phi) is 5.46. The molecule has 7 heteroatoms. The Morgan fingerprint density at radius 3 is 2.57 bits per heavy atom. The number of carbonyl (C=O) groups excluding carboxylic acids is 2. The van der Waals surface area contributed by atoms with Gasteiger partial charge in [0.15, 0.2) is 0 Å². The molecule has 0 bridgehead atoms. The van der Waals surface area contributed by atoms with Crippen molar-refractivity contribution in [3.8, 4) is 0 Å².